The van der Waals surface area contributed by atoms with Gasteiger partial charge in [-0.15, -0.1) is 0 Å². The molecule has 1 aromatic carbocycles. The van der Waals surface area contributed by atoms with Gasteiger partial charge >= 0.3 is 5.97 Å². The Balaban J connectivity index is 1.94. The van der Waals surface area contributed by atoms with Crippen molar-refractivity contribution in [2.45, 2.75) is 31.7 Å². The van der Waals surface area contributed by atoms with Crippen molar-refractivity contribution >= 4 is 11.7 Å². The van der Waals surface area contributed by atoms with E-state index in [-0.39, 0.29) is 11.8 Å². The number of likely N-dealkylation sites (N-methyl/N-ethyl adjacent to an activating group) is 1. The zero-order valence-electron chi connectivity index (χ0n) is 12.9. The minimum absolute atomic E-state index is 0.199. The number of ether oxygens (including phenoxy) is 1. The van der Waals surface area contributed by atoms with Crippen LogP contribution < -0.4 is 10.2 Å². The maximum atomic E-state index is 13.4. The second-order valence-corrected chi connectivity index (χ2v) is 5.69. The molecule has 5 heteroatoms. The molecule has 0 aliphatic carbocycles. The van der Waals surface area contributed by atoms with Gasteiger partial charge in [0.2, 0.25) is 0 Å². The second kappa shape index (κ2) is 6.43. The highest BCUT2D eigenvalue weighted by atomic mass is 19.1. The molecular formula is C16H23FN2O2. The summed E-state index contributed by atoms with van der Waals surface area (Å²) in [6.45, 7) is 3.56. The summed E-state index contributed by atoms with van der Waals surface area (Å²) in [5.41, 5.74) is 1.51. The smallest absolute Gasteiger partial charge is 0.325 e. The lowest BCUT2D eigenvalue weighted by molar-refractivity contribution is -0.148. The van der Waals surface area contributed by atoms with Crippen LogP contribution in [-0.2, 0) is 16.0 Å². The van der Waals surface area contributed by atoms with E-state index >= 15 is 0 Å². The number of benzene rings is 1. The van der Waals surface area contributed by atoms with E-state index in [1.54, 1.807) is 13.1 Å². The van der Waals surface area contributed by atoms with Gasteiger partial charge in [-0.25, -0.2) is 4.39 Å². The van der Waals surface area contributed by atoms with Crippen LogP contribution >= 0.6 is 0 Å². The van der Waals surface area contributed by atoms with E-state index in [9.17, 15) is 9.18 Å². The molecule has 2 rings (SSSR count). The molecule has 1 unspecified atom stereocenters. The summed E-state index contributed by atoms with van der Waals surface area (Å²) >= 11 is 0. The largest absolute Gasteiger partial charge is 0.468 e. The third-order valence-corrected chi connectivity index (χ3v) is 4.33. The van der Waals surface area contributed by atoms with Crippen molar-refractivity contribution in [2.24, 2.45) is 0 Å². The first-order chi connectivity index (χ1) is 10.00. The van der Waals surface area contributed by atoms with Gasteiger partial charge in [0.1, 0.15) is 11.4 Å². The van der Waals surface area contributed by atoms with E-state index in [1.165, 1.54) is 18.7 Å². The van der Waals surface area contributed by atoms with Crippen molar-refractivity contribution in [3.63, 3.8) is 0 Å². The van der Waals surface area contributed by atoms with Gasteiger partial charge in [0, 0.05) is 18.8 Å². The molecule has 1 heterocycles. The number of carbonyl (C=O) groups is 1. The maximum Gasteiger partial charge on any atom is 0.325 e. The van der Waals surface area contributed by atoms with Crippen LogP contribution in [0.5, 0.6) is 0 Å². The standard InChI is InChI=1S/C16H23FN2O2/c1-16(18-2,15(20)21-3)8-4-9-19-10-7-12-5-6-13(17)11-14(12)19/h5-6,11,18H,4,7-10H2,1-3H3. The number of hydrogen-bond donors (Lipinski definition) is 1. The molecule has 0 aromatic heterocycles. The lowest BCUT2D eigenvalue weighted by Gasteiger charge is -2.27. The Labute approximate surface area is 125 Å². The van der Waals surface area contributed by atoms with Crippen LogP contribution in [0.4, 0.5) is 10.1 Å². The first kappa shape index (κ1) is 15.8. The van der Waals surface area contributed by atoms with Crippen LogP contribution in [0.3, 0.4) is 0 Å². The summed E-state index contributed by atoms with van der Waals surface area (Å²) in [7, 11) is 3.16. The predicted molar refractivity (Wildman–Crippen MR) is 81.0 cm³/mol. The molecule has 1 aromatic rings. The van der Waals surface area contributed by atoms with Gasteiger partial charge in [0.05, 0.1) is 7.11 Å². The predicted octanol–water partition coefficient (Wildman–Crippen LogP) is 2.12. The van der Waals surface area contributed by atoms with Gasteiger partial charge in [-0.3, -0.25) is 4.79 Å². The highest BCUT2D eigenvalue weighted by Crippen LogP contribution is 2.29. The molecule has 0 radical (unpaired) electrons. The SMILES string of the molecule is CNC(C)(CCCN1CCc2ccc(F)cc21)C(=O)OC. The second-order valence-electron chi connectivity index (χ2n) is 5.69. The Morgan fingerprint density at radius 2 is 2.29 bits per heavy atom. The number of hydrogen-bond acceptors (Lipinski definition) is 4. The molecule has 0 saturated heterocycles. The zero-order valence-corrected chi connectivity index (χ0v) is 12.9. The average molecular weight is 294 g/mol. The fraction of sp³-hybridized carbons (Fsp3) is 0.562. The molecule has 4 nitrogen and oxygen atoms in total. The monoisotopic (exact) mass is 294 g/mol. The van der Waals surface area contributed by atoms with E-state index in [1.807, 2.05) is 13.0 Å². The fourth-order valence-electron chi connectivity index (χ4n) is 2.83. The minimum atomic E-state index is -0.667. The third-order valence-electron chi connectivity index (χ3n) is 4.33. The Morgan fingerprint density at radius 3 is 2.95 bits per heavy atom. The number of halogens is 1. The topological polar surface area (TPSA) is 41.6 Å². The van der Waals surface area contributed by atoms with Gasteiger partial charge in [0.25, 0.3) is 0 Å². The number of methoxy groups -OCH3 is 1. The summed E-state index contributed by atoms with van der Waals surface area (Å²) < 4.78 is 18.2. The van der Waals surface area contributed by atoms with E-state index in [2.05, 4.69) is 10.2 Å². The summed E-state index contributed by atoms with van der Waals surface area (Å²) in [5, 5.41) is 3.03. The van der Waals surface area contributed by atoms with Crippen molar-refractivity contribution in [3.8, 4) is 0 Å². The first-order valence-corrected chi connectivity index (χ1v) is 7.31. The number of anilines is 1. The van der Waals surface area contributed by atoms with Crippen molar-refractivity contribution in [2.75, 3.05) is 32.1 Å². The van der Waals surface area contributed by atoms with Gasteiger partial charge in [-0.1, -0.05) is 6.07 Å². The third kappa shape index (κ3) is 3.35. The van der Waals surface area contributed by atoms with Gasteiger partial charge < -0.3 is 15.0 Å². The molecule has 0 fully saturated rings. The minimum Gasteiger partial charge on any atom is -0.468 e. The number of esters is 1. The number of carbonyl (C=O) groups excluding carboxylic acids is 1. The number of nitrogens with zero attached hydrogens (tertiary/aromatic N) is 1. The molecule has 116 valence electrons. The normalized spacial score (nSPS) is 16.5. The first-order valence-electron chi connectivity index (χ1n) is 7.31. The highest BCUT2D eigenvalue weighted by Gasteiger charge is 2.32. The average Bonchev–Trinajstić information content (AvgIpc) is 2.88. The Kier molecular flexibility index (Phi) is 4.83. The quantitative estimate of drug-likeness (QED) is 0.816. The van der Waals surface area contributed by atoms with E-state index < -0.39 is 5.54 Å². The molecule has 0 bridgehead atoms. The molecule has 1 aliphatic rings. The Bertz CT molecular complexity index is 521. The van der Waals surface area contributed by atoms with Crippen LogP contribution in [0.25, 0.3) is 0 Å². The van der Waals surface area contributed by atoms with E-state index in [0.717, 1.165) is 31.6 Å². The summed E-state index contributed by atoms with van der Waals surface area (Å²) in [5.74, 6) is -0.451. The molecule has 0 amide bonds. The lowest BCUT2D eigenvalue weighted by Crippen LogP contribution is -2.48. The fourth-order valence-corrected chi connectivity index (χ4v) is 2.83. The maximum absolute atomic E-state index is 13.4. The lowest BCUT2D eigenvalue weighted by atomic mass is 9.96. The van der Waals surface area contributed by atoms with Crippen LogP contribution in [-0.4, -0.2) is 38.8 Å². The molecule has 0 spiro atoms. The molecule has 0 saturated carbocycles. The van der Waals surface area contributed by atoms with E-state index in [0.29, 0.717) is 6.42 Å². The van der Waals surface area contributed by atoms with Gasteiger partial charge in [0.15, 0.2) is 0 Å². The highest BCUT2D eigenvalue weighted by molar-refractivity contribution is 5.80. The molecule has 1 N–H and O–H groups in total. The van der Waals surface area contributed by atoms with Crippen molar-refractivity contribution < 1.29 is 13.9 Å². The number of fused-ring (bicyclic) bond motifs is 1. The summed E-state index contributed by atoms with van der Waals surface area (Å²) in [6, 6.07) is 4.97. The van der Waals surface area contributed by atoms with Crippen LogP contribution in [0.1, 0.15) is 25.3 Å². The van der Waals surface area contributed by atoms with Crippen molar-refractivity contribution in [3.05, 3.63) is 29.6 Å². The van der Waals surface area contributed by atoms with Gasteiger partial charge in [-0.2, -0.15) is 0 Å². The summed E-state index contributed by atoms with van der Waals surface area (Å²) in [6.07, 6.45) is 2.47. The molecule has 1 aliphatic heterocycles. The zero-order chi connectivity index (χ0) is 15.5. The van der Waals surface area contributed by atoms with Crippen LogP contribution in [0, 0.1) is 5.82 Å². The summed E-state index contributed by atoms with van der Waals surface area (Å²) in [4.78, 5) is 14.0. The molecule has 21 heavy (non-hydrogen) atoms. The van der Waals surface area contributed by atoms with Gasteiger partial charge in [-0.05, 0) is 50.9 Å². The Hall–Kier alpha value is -1.62. The van der Waals surface area contributed by atoms with Crippen molar-refractivity contribution in [1.82, 2.24) is 5.32 Å². The number of nitrogens with one attached hydrogen (secondary N) is 1. The molecule has 1 atom stereocenters. The van der Waals surface area contributed by atoms with Crippen LogP contribution in [0.2, 0.25) is 0 Å². The molecular weight excluding hydrogens is 271 g/mol. The van der Waals surface area contributed by atoms with Crippen LogP contribution in [0.15, 0.2) is 18.2 Å². The van der Waals surface area contributed by atoms with Crippen molar-refractivity contribution in [1.29, 1.82) is 0 Å². The van der Waals surface area contributed by atoms with E-state index in [4.69, 9.17) is 4.74 Å². The number of rotatable bonds is 6. The Morgan fingerprint density at radius 1 is 1.52 bits per heavy atom.